The molecule has 0 saturated heterocycles. The molecule has 11 heteroatoms. The average Bonchev–Trinajstić information content (AvgIpc) is 3.83. The molecule has 0 atom stereocenters. The van der Waals surface area contributed by atoms with Gasteiger partial charge in [0.25, 0.3) is 0 Å². The van der Waals surface area contributed by atoms with Gasteiger partial charge in [-0.25, -0.2) is 9.78 Å². The second-order valence-electron chi connectivity index (χ2n) is 10.7. The van der Waals surface area contributed by atoms with Crippen LogP contribution in [0.5, 0.6) is 0 Å². The molecule has 40 heavy (non-hydrogen) atoms. The van der Waals surface area contributed by atoms with Gasteiger partial charge < -0.3 is 9.64 Å². The second kappa shape index (κ2) is 10.8. The number of hydrogen-bond donors (Lipinski definition) is 0. The van der Waals surface area contributed by atoms with Crippen LogP contribution in [-0.2, 0) is 30.2 Å². The SMILES string of the molecule is COC(=O)N(Cc1cc(C(F)(F)F)cc(C(F)(F)F)c1)Cc1cc2ccccc2nc1N(CC1CC1)CC1CC1. The lowest BCUT2D eigenvalue weighted by Gasteiger charge is -2.29. The normalized spacial score (nSPS) is 15.8. The number of carbonyl (C=O) groups excluding carboxylic acids is 1. The van der Waals surface area contributed by atoms with Gasteiger partial charge in [-0.3, -0.25) is 4.90 Å². The minimum atomic E-state index is -4.99. The fraction of sp³-hybridized carbons (Fsp3) is 0.448. The van der Waals surface area contributed by atoms with Crippen LogP contribution in [0.15, 0.2) is 48.5 Å². The summed E-state index contributed by atoms with van der Waals surface area (Å²) in [6.45, 7) is 0.978. The van der Waals surface area contributed by atoms with E-state index in [1.807, 2.05) is 30.3 Å². The lowest BCUT2D eigenvalue weighted by atomic mass is 10.0. The van der Waals surface area contributed by atoms with Crippen molar-refractivity contribution in [2.75, 3.05) is 25.1 Å². The Labute approximate surface area is 227 Å². The number of para-hydroxylation sites is 1. The molecule has 2 aliphatic rings. The summed E-state index contributed by atoms with van der Waals surface area (Å²) in [6.07, 6.45) is -6.38. The van der Waals surface area contributed by atoms with Crippen LogP contribution in [0, 0.1) is 11.8 Å². The molecule has 0 N–H and O–H groups in total. The molecule has 2 aliphatic carbocycles. The number of nitrogens with zero attached hydrogens (tertiary/aromatic N) is 3. The Morgan fingerprint density at radius 3 is 1.98 bits per heavy atom. The topological polar surface area (TPSA) is 45.7 Å². The van der Waals surface area contributed by atoms with E-state index in [0.717, 1.165) is 61.7 Å². The van der Waals surface area contributed by atoms with Crippen LogP contribution in [0.2, 0.25) is 0 Å². The number of halogens is 6. The summed E-state index contributed by atoms with van der Waals surface area (Å²) >= 11 is 0. The van der Waals surface area contributed by atoms with Crippen LogP contribution in [0.25, 0.3) is 10.9 Å². The minimum absolute atomic E-state index is 0.0744. The van der Waals surface area contributed by atoms with Crippen LogP contribution in [0.4, 0.5) is 37.0 Å². The monoisotopic (exact) mass is 565 g/mol. The van der Waals surface area contributed by atoms with E-state index in [2.05, 4.69) is 4.90 Å². The molecular weight excluding hydrogens is 536 g/mol. The quantitative estimate of drug-likeness (QED) is 0.250. The molecule has 1 heterocycles. The number of fused-ring (bicyclic) bond motifs is 1. The predicted molar refractivity (Wildman–Crippen MR) is 138 cm³/mol. The summed E-state index contributed by atoms with van der Waals surface area (Å²) in [5, 5.41) is 0.808. The molecule has 2 aromatic carbocycles. The number of carbonyl (C=O) groups is 1. The summed E-state index contributed by atoms with van der Waals surface area (Å²) in [6, 6.07) is 10.7. The third-order valence-electron chi connectivity index (χ3n) is 7.25. The molecule has 0 radical (unpaired) electrons. The van der Waals surface area contributed by atoms with Gasteiger partial charge >= 0.3 is 18.4 Å². The van der Waals surface area contributed by atoms with Gasteiger partial charge in [-0.15, -0.1) is 0 Å². The summed E-state index contributed by atoms with van der Waals surface area (Å²) in [5.41, 5.74) is -1.77. The zero-order chi connectivity index (χ0) is 28.7. The van der Waals surface area contributed by atoms with Gasteiger partial charge in [-0.05, 0) is 73.4 Å². The van der Waals surface area contributed by atoms with Gasteiger partial charge in [-0.1, -0.05) is 18.2 Å². The fourth-order valence-electron chi connectivity index (χ4n) is 4.86. The Bertz CT molecular complexity index is 1340. The second-order valence-corrected chi connectivity index (χ2v) is 10.7. The first-order valence-corrected chi connectivity index (χ1v) is 13.2. The lowest BCUT2D eigenvalue weighted by molar-refractivity contribution is -0.143. The Hall–Kier alpha value is -3.50. The molecule has 2 saturated carbocycles. The van der Waals surface area contributed by atoms with E-state index in [0.29, 0.717) is 35.3 Å². The number of methoxy groups -OCH3 is 1. The van der Waals surface area contributed by atoms with E-state index >= 15 is 0 Å². The zero-order valence-corrected chi connectivity index (χ0v) is 21.9. The Kier molecular flexibility index (Phi) is 7.58. The summed E-state index contributed by atoms with van der Waals surface area (Å²) < 4.78 is 85.7. The van der Waals surface area contributed by atoms with Crippen molar-refractivity contribution in [3.8, 4) is 0 Å². The highest BCUT2D eigenvalue weighted by Crippen LogP contribution is 2.39. The molecule has 1 amide bonds. The molecule has 214 valence electrons. The minimum Gasteiger partial charge on any atom is -0.453 e. The number of hydrogen-bond acceptors (Lipinski definition) is 4. The number of ether oxygens (including phenoxy) is 1. The number of amides is 1. The number of aromatic nitrogens is 1. The van der Waals surface area contributed by atoms with E-state index in [1.54, 1.807) is 0 Å². The third kappa shape index (κ3) is 6.79. The number of anilines is 1. The molecule has 5 rings (SSSR count). The molecule has 0 aliphatic heterocycles. The predicted octanol–water partition coefficient (Wildman–Crippen LogP) is 7.67. The highest BCUT2D eigenvalue weighted by atomic mass is 19.4. The summed E-state index contributed by atoms with van der Waals surface area (Å²) in [5.74, 6) is 1.76. The van der Waals surface area contributed by atoms with Crippen molar-refractivity contribution < 1.29 is 35.9 Å². The van der Waals surface area contributed by atoms with Crippen molar-refractivity contribution in [1.29, 1.82) is 0 Å². The van der Waals surface area contributed by atoms with Gasteiger partial charge in [0.2, 0.25) is 0 Å². The number of alkyl halides is 6. The van der Waals surface area contributed by atoms with Gasteiger partial charge in [0.05, 0.1) is 30.3 Å². The van der Waals surface area contributed by atoms with Crippen molar-refractivity contribution in [3.05, 3.63) is 70.8 Å². The Balaban J connectivity index is 1.53. The molecule has 0 spiro atoms. The van der Waals surface area contributed by atoms with Crippen LogP contribution in [-0.4, -0.2) is 36.2 Å². The smallest absolute Gasteiger partial charge is 0.416 e. The van der Waals surface area contributed by atoms with Gasteiger partial charge in [0.15, 0.2) is 0 Å². The van der Waals surface area contributed by atoms with Crippen LogP contribution < -0.4 is 4.90 Å². The van der Waals surface area contributed by atoms with Gasteiger partial charge in [0.1, 0.15) is 5.82 Å². The Morgan fingerprint density at radius 2 is 1.45 bits per heavy atom. The van der Waals surface area contributed by atoms with Gasteiger partial charge in [0, 0.05) is 30.6 Å². The van der Waals surface area contributed by atoms with Crippen LogP contribution >= 0.6 is 0 Å². The average molecular weight is 566 g/mol. The number of pyridine rings is 1. The molecule has 3 aromatic rings. The highest BCUT2D eigenvalue weighted by Gasteiger charge is 2.37. The highest BCUT2D eigenvalue weighted by molar-refractivity contribution is 5.82. The largest absolute Gasteiger partial charge is 0.453 e. The number of benzene rings is 2. The number of rotatable bonds is 9. The maximum Gasteiger partial charge on any atom is 0.416 e. The van der Waals surface area contributed by atoms with Crippen molar-refractivity contribution in [2.24, 2.45) is 11.8 Å². The maximum absolute atomic E-state index is 13.5. The molecule has 2 fully saturated rings. The third-order valence-corrected chi connectivity index (χ3v) is 7.25. The van der Waals surface area contributed by atoms with Crippen molar-refractivity contribution in [2.45, 2.75) is 51.1 Å². The fourth-order valence-corrected chi connectivity index (χ4v) is 4.86. The van der Waals surface area contributed by atoms with Gasteiger partial charge in [-0.2, -0.15) is 26.3 Å². The maximum atomic E-state index is 13.5. The first-order chi connectivity index (χ1) is 18.9. The lowest BCUT2D eigenvalue weighted by Crippen LogP contribution is -2.33. The van der Waals surface area contributed by atoms with Crippen molar-refractivity contribution >= 4 is 22.8 Å². The van der Waals surface area contributed by atoms with E-state index in [-0.39, 0.29) is 18.2 Å². The van der Waals surface area contributed by atoms with E-state index in [4.69, 9.17) is 9.72 Å². The molecule has 5 nitrogen and oxygen atoms in total. The first-order valence-electron chi connectivity index (χ1n) is 13.2. The van der Waals surface area contributed by atoms with Crippen LogP contribution in [0.3, 0.4) is 0 Å². The van der Waals surface area contributed by atoms with Crippen molar-refractivity contribution in [1.82, 2.24) is 9.88 Å². The van der Waals surface area contributed by atoms with E-state index in [9.17, 15) is 31.1 Å². The molecule has 0 bridgehead atoms. The Morgan fingerprint density at radius 1 is 0.875 bits per heavy atom. The first kappa shape index (κ1) is 28.0. The van der Waals surface area contributed by atoms with E-state index < -0.39 is 36.1 Å². The molecular formula is C29H29F6N3O2. The standard InChI is InChI=1S/C29H29F6N3O2/c1-40-27(39)38(16-20-10-23(28(30,31)32)13-24(11-20)29(33,34)35)17-22-12-21-4-2-3-5-25(21)36-26(22)37(14-18-6-7-18)15-19-8-9-19/h2-5,10-13,18-19H,6-9,14-17H2,1H3. The van der Waals surface area contributed by atoms with Crippen molar-refractivity contribution in [3.63, 3.8) is 0 Å². The summed E-state index contributed by atoms with van der Waals surface area (Å²) in [7, 11) is 1.12. The van der Waals surface area contributed by atoms with Crippen LogP contribution in [0.1, 0.15) is 47.9 Å². The zero-order valence-electron chi connectivity index (χ0n) is 21.9. The van der Waals surface area contributed by atoms with E-state index in [1.165, 1.54) is 0 Å². The summed E-state index contributed by atoms with van der Waals surface area (Å²) in [4.78, 5) is 21.1. The molecule has 0 unspecified atom stereocenters. The molecule has 1 aromatic heterocycles.